The first-order valence-corrected chi connectivity index (χ1v) is 8.96. The minimum Gasteiger partial charge on any atom is -0.364 e. The third-order valence-electron chi connectivity index (χ3n) is 5.01. The highest BCUT2D eigenvalue weighted by Gasteiger charge is 2.36. The number of nitrogens with one attached hydrogen (secondary N) is 1. The smallest absolute Gasteiger partial charge is 0.225 e. The molecular formula is C17H24N6O. The van der Waals surface area contributed by atoms with E-state index in [2.05, 4.69) is 33.7 Å². The lowest BCUT2D eigenvalue weighted by molar-refractivity contribution is -0.131. The summed E-state index contributed by atoms with van der Waals surface area (Å²) in [7, 11) is 0. The molecule has 0 radical (unpaired) electrons. The van der Waals surface area contributed by atoms with Crippen molar-refractivity contribution in [3.63, 3.8) is 0 Å². The standard InChI is InChI=1S/C17H24N6O/c1-3-13-21-14-15(18-10-19-16(14)23(13)4-2)20-12-7-8-22(9-12)17(24)11-5-6-11/h10-12H,3-9H2,1-2H3,(H,18,19,20)/t12-/m0/s1. The molecule has 1 saturated heterocycles. The topological polar surface area (TPSA) is 75.9 Å². The number of rotatable bonds is 5. The normalized spacial score (nSPS) is 20.8. The van der Waals surface area contributed by atoms with Gasteiger partial charge in [-0.3, -0.25) is 4.79 Å². The zero-order valence-electron chi connectivity index (χ0n) is 14.3. The number of carbonyl (C=O) groups is 1. The van der Waals surface area contributed by atoms with Gasteiger partial charge in [-0.2, -0.15) is 0 Å². The third kappa shape index (κ3) is 2.61. The minimum atomic E-state index is 0.239. The first kappa shape index (κ1) is 15.4. The summed E-state index contributed by atoms with van der Waals surface area (Å²) in [6.45, 7) is 6.66. The average Bonchev–Trinajstić information content (AvgIpc) is 3.23. The number of amides is 1. The summed E-state index contributed by atoms with van der Waals surface area (Å²) in [4.78, 5) is 27.8. The van der Waals surface area contributed by atoms with Crippen LogP contribution in [0.5, 0.6) is 0 Å². The Morgan fingerprint density at radius 1 is 1.29 bits per heavy atom. The lowest BCUT2D eigenvalue weighted by Crippen LogP contribution is -2.32. The van der Waals surface area contributed by atoms with Crippen molar-refractivity contribution in [1.29, 1.82) is 0 Å². The molecular weight excluding hydrogens is 304 g/mol. The average molecular weight is 328 g/mol. The summed E-state index contributed by atoms with van der Waals surface area (Å²) >= 11 is 0. The molecule has 0 spiro atoms. The van der Waals surface area contributed by atoms with E-state index in [0.717, 1.165) is 68.1 Å². The van der Waals surface area contributed by atoms with Gasteiger partial charge in [-0.25, -0.2) is 15.0 Å². The van der Waals surface area contributed by atoms with Crippen molar-refractivity contribution in [3.8, 4) is 0 Å². The lowest BCUT2D eigenvalue weighted by Gasteiger charge is -2.17. The Morgan fingerprint density at radius 2 is 2.12 bits per heavy atom. The Kier molecular flexibility index (Phi) is 3.86. The van der Waals surface area contributed by atoms with E-state index in [0.29, 0.717) is 11.8 Å². The summed E-state index contributed by atoms with van der Waals surface area (Å²) in [6, 6.07) is 0.239. The van der Waals surface area contributed by atoms with Crippen molar-refractivity contribution >= 4 is 22.9 Å². The van der Waals surface area contributed by atoms with Crippen LogP contribution in [0.2, 0.25) is 0 Å². The molecule has 0 aromatic carbocycles. The van der Waals surface area contributed by atoms with E-state index in [-0.39, 0.29) is 6.04 Å². The fourth-order valence-electron chi connectivity index (χ4n) is 3.55. The first-order valence-electron chi connectivity index (χ1n) is 8.96. The second-order valence-electron chi connectivity index (χ2n) is 6.71. The van der Waals surface area contributed by atoms with Crippen molar-refractivity contribution in [2.75, 3.05) is 18.4 Å². The van der Waals surface area contributed by atoms with Gasteiger partial charge >= 0.3 is 0 Å². The second-order valence-corrected chi connectivity index (χ2v) is 6.71. The van der Waals surface area contributed by atoms with Crippen LogP contribution >= 0.6 is 0 Å². The molecule has 1 saturated carbocycles. The Balaban J connectivity index is 1.54. The van der Waals surface area contributed by atoms with Crippen molar-refractivity contribution < 1.29 is 4.79 Å². The molecule has 7 heteroatoms. The van der Waals surface area contributed by atoms with E-state index in [1.807, 2.05) is 4.90 Å². The number of hydrogen-bond donors (Lipinski definition) is 1. The van der Waals surface area contributed by atoms with Crippen molar-refractivity contribution in [2.45, 2.75) is 52.1 Å². The molecule has 1 aliphatic heterocycles. The molecule has 24 heavy (non-hydrogen) atoms. The summed E-state index contributed by atoms with van der Waals surface area (Å²) in [5, 5.41) is 3.50. The highest BCUT2D eigenvalue weighted by molar-refractivity contribution is 5.84. The molecule has 0 unspecified atom stereocenters. The second kappa shape index (κ2) is 6.03. The molecule has 1 N–H and O–H groups in total. The molecule has 128 valence electrons. The largest absolute Gasteiger partial charge is 0.364 e. The van der Waals surface area contributed by atoms with E-state index in [1.54, 1.807) is 6.33 Å². The molecule has 4 rings (SSSR count). The van der Waals surface area contributed by atoms with Gasteiger partial charge in [-0.15, -0.1) is 0 Å². The predicted octanol–water partition coefficient (Wildman–Crippen LogP) is 1.83. The molecule has 1 atom stereocenters. The number of aryl methyl sites for hydroxylation is 2. The molecule has 0 bridgehead atoms. The lowest BCUT2D eigenvalue weighted by atomic mass is 10.2. The van der Waals surface area contributed by atoms with Crippen LogP contribution in [0.25, 0.3) is 11.2 Å². The zero-order chi connectivity index (χ0) is 16.7. The van der Waals surface area contributed by atoms with Crippen molar-refractivity contribution in [2.24, 2.45) is 5.92 Å². The van der Waals surface area contributed by atoms with Gasteiger partial charge in [0.2, 0.25) is 5.91 Å². The fourth-order valence-corrected chi connectivity index (χ4v) is 3.55. The molecule has 3 heterocycles. The number of anilines is 1. The number of imidazole rings is 1. The van der Waals surface area contributed by atoms with Gasteiger partial charge in [0.25, 0.3) is 0 Å². The number of nitrogens with zero attached hydrogens (tertiary/aromatic N) is 5. The Bertz CT molecular complexity index is 766. The number of carbonyl (C=O) groups excluding carboxylic acids is 1. The highest BCUT2D eigenvalue weighted by atomic mass is 16.2. The van der Waals surface area contributed by atoms with Crippen LogP contribution < -0.4 is 5.32 Å². The van der Waals surface area contributed by atoms with Gasteiger partial charge in [0.05, 0.1) is 0 Å². The quantitative estimate of drug-likeness (QED) is 0.906. The van der Waals surface area contributed by atoms with Crippen LogP contribution in [0.1, 0.15) is 38.9 Å². The van der Waals surface area contributed by atoms with Crippen LogP contribution in [-0.2, 0) is 17.8 Å². The summed E-state index contributed by atoms with van der Waals surface area (Å²) in [5.74, 6) is 2.44. The molecule has 2 aromatic heterocycles. The van der Waals surface area contributed by atoms with Gasteiger partial charge in [0, 0.05) is 38.0 Å². The van der Waals surface area contributed by atoms with Crippen LogP contribution in [0.3, 0.4) is 0 Å². The van der Waals surface area contributed by atoms with Gasteiger partial charge < -0.3 is 14.8 Å². The Hall–Kier alpha value is -2.18. The van der Waals surface area contributed by atoms with E-state index >= 15 is 0 Å². The van der Waals surface area contributed by atoms with E-state index < -0.39 is 0 Å². The maximum Gasteiger partial charge on any atom is 0.225 e. The first-order chi connectivity index (χ1) is 11.7. The Labute approximate surface area is 141 Å². The SMILES string of the molecule is CCc1nc2c(N[C@H]3CCN(C(=O)C4CC4)C3)ncnc2n1CC. The number of aromatic nitrogens is 4. The number of fused-ring (bicyclic) bond motifs is 1. The van der Waals surface area contributed by atoms with Crippen LogP contribution in [0.15, 0.2) is 6.33 Å². The Morgan fingerprint density at radius 3 is 2.83 bits per heavy atom. The van der Waals surface area contributed by atoms with Crippen LogP contribution in [0.4, 0.5) is 5.82 Å². The van der Waals surface area contributed by atoms with Gasteiger partial charge in [0.1, 0.15) is 12.2 Å². The maximum atomic E-state index is 12.2. The molecule has 7 nitrogen and oxygen atoms in total. The molecule has 2 fully saturated rings. The van der Waals surface area contributed by atoms with Gasteiger partial charge in [-0.05, 0) is 26.2 Å². The van der Waals surface area contributed by atoms with E-state index in [1.165, 1.54) is 0 Å². The highest BCUT2D eigenvalue weighted by Crippen LogP contribution is 2.32. The molecule has 2 aliphatic rings. The molecule has 1 amide bonds. The summed E-state index contributed by atoms with van der Waals surface area (Å²) in [5.41, 5.74) is 1.72. The molecule has 1 aliphatic carbocycles. The summed E-state index contributed by atoms with van der Waals surface area (Å²) < 4.78 is 2.14. The summed E-state index contributed by atoms with van der Waals surface area (Å²) in [6.07, 6.45) is 5.55. The van der Waals surface area contributed by atoms with Gasteiger partial charge in [-0.1, -0.05) is 6.92 Å². The number of hydrogen-bond acceptors (Lipinski definition) is 5. The van der Waals surface area contributed by atoms with E-state index in [9.17, 15) is 4.79 Å². The minimum absolute atomic E-state index is 0.239. The van der Waals surface area contributed by atoms with E-state index in [4.69, 9.17) is 4.98 Å². The predicted molar refractivity (Wildman–Crippen MR) is 91.7 cm³/mol. The van der Waals surface area contributed by atoms with Crippen molar-refractivity contribution in [3.05, 3.63) is 12.2 Å². The molecule has 2 aromatic rings. The number of likely N-dealkylation sites (tertiary alicyclic amines) is 1. The van der Waals surface area contributed by atoms with Crippen LogP contribution in [0, 0.1) is 5.92 Å². The third-order valence-corrected chi connectivity index (χ3v) is 5.01. The fraction of sp³-hybridized carbons (Fsp3) is 0.647. The van der Waals surface area contributed by atoms with Gasteiger partial charge in [0.15, 0.2) is 17.0 Å². The van der Waals surface area contributed by atoms with Crippen LogP contribution in [-0.4, -0.2) is 49.5 Å². The van der Waals surface area contributed by atoms with Crippen molar-refractivity contribution in [1.82, 2.24) is 24.4 Å². The maximum absolute atomic E-state index is 12.2. The monoisotopic (exact) mass is 328 g/mol. The zero-order valence-corrected chi connectivity index (χ0v) is 14.3.